The normalized spacial score (nSPS) is 16.5. The monoisotopic (exact) mass is 375 g/mol. The second-order valence-corrected chi connectivity index (χ2v) is 6.49. The third-order valence-electron chi connectivity index (χ3n) is 3.90. The average molecular weight is 376 g/mol. The molecular weight excluding hydrogens is 358 g/mol. The number of amides is 1. The first kappa shape index (κ1) is 16.0. The molecular formula is C18H18BrNO3. The first-order valence-corrected chi connectivity index (χ1v) is 8.41. The number of fused-ring (bicyclic) bond motifs is 1. The lowest BCUT2D eigenvalue weighted by molar-refractivity contribution is -0.118. The van der Waals surface area contributed by atoms with Crippen molar-refractivity contribution in [3.63, 3.8) is 0 Å². The van der Waals surface area contributed by atoms with Crippen molar-refractivity contribution in [1.82, 2.24) is 0 Å². The number of aliphatic hydroxyl groups excluding tert-OH is 1. The molecule has 1 aliphatic rings. The van der Waals surface area contributed by atoms with Gasteiger partial charge in [-0.15, -0.1) is 0 Å². The zero-order chi connectivity index (χ0) is 16.2. The number of hydrogen-bond donors (Lipinski definition) is 2. The van der Waals surface area contributed by atoms with Crippen LogP contribution < -0.4 is 10.1 Å². The van der Waals surface area contributed by atoms with Gasteiger partial charge in [-0.2, -0.15) is 0 Å². The van der Waals surface area contributed by atoms with Gasteiger partial charge >= 0.3 is 0 Å². The smallest absolute Gasteiger partial charge is 0.262 e. The van der Waals surface area contributed by atoms with Gasteiger partial charge in [-0.1, -0.05) is 34.1 Å². The van der Waals surface area contributed by atoms with Gasteiger partial charge in [0.2, 0.25) is 0 Å². The summed E-state index contributed by atoms with van der Waals surface area (Å²) < 4.78 is 6.59. The summed E-state index contributed by atoms with van der Waals surface area (Å²) >= 11 is 3.37. The van der Waals surface area contributed by atoms with Crippen LogP contribution in [0, 0.1) is 0 Å². The van der Waals surface area contributed by atoms with Crippen molar-refractivity contribution in [2.45, 2.75) is 25.4 Å². The second kappa shape index (κ2) is 7.15. The molecule has 0 unspecified atom stereocenters. The van der Waals surface area contributed by atoms with Crippen LogP contribution in [0.1, 0.15) is 30.1 Å². The van der Waals surface area contributed by atoms with Crippen molar-refractivity contribution in [3.05, 3.63) is 58.1 Å². The maximum atomic E-state index is 12.0. The molecule has 2 aromatic rings. The minimum atomic E-state index is -0.433. The highest BCUT2D eigenvalue weighted by atomic mass is 79.9. The van der Waals surface area contributed by atoms with E-state index in [0.29, 0.717) is 5.75 Å². The Morgan fingerprint density at radius 2 is 2.13 bits per heavy atom. The summed E-state index contributed by atoms with van der Waals surface area (Å²) in [6.07, 6.45) is 2.15. The van der Waals surface area contributed by atoms with Gasteiger partial charge in [0, 0.05) is 10.2 Å². The molecule has 2 N–H and O–H groups in total. The first-order valence-electron chi connectivity index (χ1n) is 7.61. The number of hydrogen-bond acceptors (Lipinski definition) is 3. The van der Waals surface area contributed by atoms with E-state index in [1.165, 1.54) is 0 Å². The highest BCUT2D eigenvalue weighted by Gasteiger charge is 2.21. The molecule has 0 saturated heterocycles. The number of anilines is 1. The number of benzene rings is 2. The Kier molecular flexibility index (Phi) is 4.98. The second-order valence-electron chi connectivity index (χ2n) is 5.58. The van der Waals surface area contributed by atoms with Gasteiger partial charge in [-0.25, -0.2) is 0 Å². The van der Waals surface area contributed by atoms with Gasteiger partial charge in [-0.05, 0) is 54.7 Å². The molecule has 1 atom stereocenters. The van der Waals surface area contributed by atoms with Crippen LogP contribution in [0.5, 0.6) is 5.75 Å². The summed E-state index contributed by atoms with van der Waals surface area (Å²) in [4.78, 5) is 12.0. The van der Waals surface area contributed by atoms with Crippen LogP contribution in [0.4, 0.5) is 5.69 Å². The highest BCUT2D eigenvalue weighted by Crippen LogP contribution is 2.35. The van der Waals surface area contributed by atoms with Gasteiger partial charge in [0.05, 0.1) is 6.10 Å². The molecule has 0 bridgehead atoms. The molecule has 4 nitrogen and oxygen atoms in total. The number of carbonyl (C=O) groups excluding carboxylic acids is 1. The van der Waals surface area contributed by atoms with Gasteiger partial charge in [0.1, 0.15) is 5.75 Å². The quantitative estimate of drug-likeness (QED) is 0.853. The van der Waals surface area contributed by atoms with E-state index in [0.717, 1.165) is 40.5 Å². The van der Waals surface area contributed by atoms with E-state index >= 15 is 0 Å². The third-order valence-corrected chi connectivity index (χ3v) is 4.39. The van der Waals surface area contributed by atoms with Crippen LogP contribution in [-0.2, 0) is 11.2 Å². The first-order chi connectivity index (χ1) is 11.1. The molecule has 0 aromatic heterocycles. The van der Waals surface area contributed by atoms with Gasteiger partial charge in [0.15, 0.2) is 6.61 Å². The van der Waals surface area contributed by atoms with Crippen LogP contribution >= 0.6 is 15.9 Å². The third kappa shape index (κ3) is 3.92. The van der Waals surface area contributed by atoms with Crippen molar-refractivity contribution in [2.75, 3.05) is 11.9 Å². The average Bonchev–Trinajstić information content (AvgIpc) is 2.53. The Hall–Kier alpha value is -1.85. The topological polar surface area (TPSA) is 58.6 Å². The van der Waals surface area contributed by atoms with Gasteiger partial charge < -0.3 is 15.2 Å². The van der Waals surface area contributed by atoms with Crippen molar-refractivity contribution in [3.8, 4) is 5.75 Å². The van der Waals surface area contributed by atoms with Crippen molar-refractivity contribution >= 4 is 27.5 Å². The lowest BCUT2D eigenvalue weighted by atomic mass is 9.89. The molecule has 5 heteroatoms. The van der Waals surface area contributed by atoms with E-state index in [4.69, 9.17) is 4.74 Å². The molecule has 3 rings (SSSR count). The SMILES string of the molecule is O=C(COc1cccc2c1CCC[C@H]2O)Nc1cccc(Br)c1. The molecule has 2 aromatic carbocycles. The predicted molar refractivity (Wildman–Crippen MR) is 92.6 cm³/mol. The number of nitrogens with one attached hydrogen (secondary N) is 1. The zero-order valence-electron chi connectivity index (χ0n) is 12.6. The van der Waals surface area contributed by atoms with Crippen molar-refractivity contribution < 1.29 is 14.6 Å². The molecule has 0 saturated carbocycles. The maximum absolute atomic E-state index is 12.0. The molecule has 0 radical (unpaired) electrons. The minimum absolute atomic E-state index is 0.0565. The largest absolute Gasteiger partial charge is 0.483 e. The summed E-state index contributed by atoms with van der Waals surface area (Å²) in [5.41, 5.74) is 2.65. The number of ether oxygens (including phenoxy) is 1. The summed E-state index contributed by atoms with van der Waals surface area (Å²) in [6.45, 7) is -0.0565. The van der Waals surface area contributed by atoms with E-state index in [9.17, 15) is 9.90 Å². The number of rotatable bonds is 4. The maximum Gasteiger partial charge on any atom is 0.262 e. The molecule has 0 fully saturated rings. The molecule has 0 aliphatic heterocycles. The number of carbonyl (C=O) groups is 1. The molecule has 0 spiro atoms. The summed E-state index contributed by atoms with van der Waals surface area (Å²) in [7, 11) is 0. The molecule has 1 aliphatic carbocycles. The van der Waals surface area contributed by atoms with Crippen molar-refractivity contribution in [2.24, 2.45) is 0 Å². The fourth-order valence-electron chi connectivity index (χ4n) is 2.83. The van der Waals surface area contributed by atoms with Crippen molar-refractivity contribution in [1.29, 1.82) is 0 Å². The van der Waals surface area contributed by atoms with Crippen LogP contribution in [0.15, 0.2) is 46.9 Å². The van der Waals surface area contributed by atoms with Crippen LogP contribution in [0.2, 0.25) is 0 Å². The Labute approximate surface area is 143 Å². The zero-order valence-corrected chi connectivity index (χ0v) is 14.2. The molecule has 23 heavy (non-hydrogen) atoms. The Morgan fingerprint density at radius 3 is 2.96 bits per heavy atom. The lowest BCUT2D eigenvalue weighted by Crippen LogP contribution is -2.21. The Morgan fingerprint density at radius 1 is 1.30 bits per heavy atom. The Bertz CT molecular complexity index is 717. The summed E-state index contributed by atoms with van der Waals surface area (Å²) in [5, 5.41) is 12.8. The highest BCUT2D eigenvalue weighted by molar-refractivity contribution is 9.10. The standard InChI is InChI=1S/C18H18BrNO3/c19-12-4-1-5-13(10-12)20-18(22)11-23-17-9-3-6-14-15(17)7-2-8-16(14)21/h1,3-6,9-10,16,21H,2,7-8,11H2,(H,20,22)/t16-/m1/s1. The van der Waals surface area contributed by atoms with E-state index in [-0.39, 0.29) is 12.5 Å². The van der Waals surface area contributed by atoms with Crippen LogP contribution in [0.25, 0.3) is 0 Å². The van der Waals surface area contributed by atoms with E-state index in [1.807, 2.05) is 42.5 Å². The Balaban J connectivity index is 1.64. The number of halogens is 1. The molecule has 1 amide bonds. The fourth-order valence-corrected chi connectivity index (χ4v) is 3.23. The predicted octanol–water partition coefficient (Wildman–Crippen LogP) is 3.84. The van der Waals surface area contributed by atoms with E-state index in [1.54, 1.807) is 0 Å². The summed E-state index contributed by atoms with van der Waals surface area (Å²) in [5.74, 6) is 0.475. The van der Waals surface area contributed by atoms with Crippen LogP contribution in [-0.4, -0.2) is 17.6 Å². The lowest BCUT2D eigenvalue weighted by Gasteiger charge is -2.23. The molecule has 120 valence electrons. The van der Waals surface area contributed by atoms with Gasteiger partial charge in [-0.3, -0.25) is 4.79 Å². The van der Waals surface area contributed by atoms with Crippen LogP contribution in [0.3, 0.4) is 0 Å². The van der Waals surface area contributed by atoms with E-state index in [2.05, 4.69) is 21.2 Å². The fraction of sp³-hybridized carbons (Fsp3) is 0.278. The molecule has 0 heterocycles. The summed E-state index contributed by atoms with van der Waals surface area (Å²) in [6, 6.07) is 13.0. The number of aliphatic hydroxyl groups is 1. The minimum Gasteiger partial charge on any atom is -0.483 e. The van der Waals surface area contributed by atoms with E-state index < -0.39 is 6.10 Å². The van der Waals surface area contributed by atoms with Gasteiger partial charge in [0.25, 0.3) is 5.91 Å².